The molecule has 2 aliphatic rings. The molecule has 2 saturated heterocycles. The molecule has 5 rings (SSSR count). The number of carbonyl (C=O) groups excluding carboxylic acids is 2. The van der Waals surface area contributed by atoms with Gasteiger partial charge in [0.25, 0.3) is 11.8 Å². The number of hydrogen-bond donors (Lipinski definition) is 3. The molecular weight excluding hydrogens is 568 g/mol. The topological polar surface area (TPSA) is 100 Å². The molecule has 10 heteroatoms. The predicted molar refractivity (Wildman–Crippen MR) is 162 cm³/mol. The molecular formula is C34H39F2N3O5. The van der Waals surface area contributed by atoms with Crippen LogP contribution in [-0.4, -0.2) is 79.0 Å². The Labute approximate surface area is 256 Å². The van der Waals surface area contributed by atoms with Gasteiger partial charge in [0, 0.05) is 49.9 Å². The van der Waals surface area contributed by atoms with E-state index in [1.165, 1.54) is 12.1 Å². The minimum atomic E-state index is -1.11. The maximum atomic E-state index is 14.1. The molecule has 2 fully saturated rings. The van der Waals surface area contributed by atoms with E-state index in [4.69, 9.17) is 9.47 Å². The Morgan fingerprint density at radius 2 is 1.80 bits per heavy atom. The van der Waals surface area contributed by atoms with Gasteiger partial charge in [0.05, 0.1) is 24.8 Å². The van der Waals surface area contributed by atoms with Gasteiger partial charge < -0.3 is 30.1 Å². The highest BCUT2D eigenvalue weighted by Crippen LogP contribution is 2.24. The summed E-state index contributed by atoms with van der Waals surface area (Å²) in [6.45, 7) is 3.35. The van der Waals surface area contributed by atoms with Gasteiger partial charge in [0.2, 0.25) is 0 Å². The van der Waals surface area contributed by atoms with E-state index in [2.05, 4.69) is 10.6 Å². The third-order valence-electron chi connectivity index (χ3n) is 8.27. The van der Waals surface area contributed by atoms with Gasteiger partial charge in [0.1, 0.15) is 23.5 Å². The van der Waals surface area contributed by atoms with E-state index in [1.807, 2.05) is 30.3 Å². The molecule has 234 valence electrons. The van der Waals surface area contributed by atoms with Gasteiger partial charge in [-0.3, -0.25) is 9.59 Å². The smallest absolute Gasteiger partial charge is 0.254 e. The van der Waals surface area contributed by atoms with Crippen molar-refractivity contribution in [3.63, 3.8) is 0 Å². The first-order valence-electron chi connectivity index (χ1n) is 15.0. The number of likely N-dealkylation sites (tertiary alicyclic amines) is 1. The lowest BCUT2D eigenvalue weighted by molar-refractivity contribution is 0.0630. The number of aliphatic hydroxyl groups excluding tert-OH is 1. The number of aliphatic hydroxyl groups is 1. The van der Waals surface area contributed by atoms with Gasteiger partial charge in [-0.15, -0.1) is 0 Å². The summed E-state index contributed by atoms with van der Waals surface area (Å²) >= 11 is 0. The van der Waals surface area contributed by atoms with Crippen molar-refractivity contribution in [1.82, 2.24) is 15.5 Å². The monoisotopic (exact) mass is 607 g/mol. The lowest BCUT2D eigenvalue weighted by Gasteiger charge is -2.29. The fraction of sp³-hybridized carbons (Fsp3) is 0.412. The van der Waals surface area contributed by atoms with E-state index in [1.54, 1.807) is 37.1 Å². The van der Waals surface area contributed by atoms with Crippen LogP contribution < -0.4 is 15.4 Å². The van der Waals surface area contributed by atoms with Gasteiger partial charge in [-0.05, 0) is 79.8 Å². The van der Waals surface area contributed by atoms with Crippen LogP contribution in [0.3, 0.4) is 0 Å². The number of para-hydroxylation sites is 1. The number of hydrogen-bond acceptors (Lipinski definition) is 6. The van der Waals surface area contributed by atoms with Crippen LogP contribution in [0.2, 0.25) is 0 Å². The standard InChI is InChI=1S/C34H39F2N3O5/c1-21-11-23(16-24(12-21)34(42)39-10-6-7-27(39)20-43-2)33(41)38-31(15-22-13-25(35)17-26(36)14-22)32(40)30-18-29(19-37-30)44-28-8-4-3-5-9-28/h3-5,8-9,11-14,16-17,27,29-32,37,40H,6-7,10,15,18-20H2,1-2H3,(H,38,41). The number of nitrogens with zero attached hydrogens (tertiary/aromatic N) is 1. The van der Waals surface area contributed by atoms with Crippen LogP contribution in [0.15, 0.2) is 66.7 Å². The minimum absolute atomic E-state index is 0.0198. The Morgan fingerprint density at radius 1 is 1.07 bits per heavy atom. The molecule has 0 aromatic heterocycles. The number of nitrogens with one attached hydrogen (secondary N) is 2. The van der Waals surface area contributed by atoms with E-state index in [-0.39, 0.29) is 30.0 Å². The number of benzene rings is 3. The molecule has 3 aromatic carbocycles. The molecule has 0 spiro atoms. The van der Waals surface area contributed by atoms with E-state index in [0.717, 1.165) is 24.5 Å². The van der Waals surface area contributed by atoms with Gasteiger partial charge in [-0.1, -0.05) is 18.2 Å². The number of halogens is 2. The van der Waals surface area contributed by atoms with E-state index >= 15 is 0 Å². The molecule has 0 aliphatic carbocycles. The van der Waals surface area contributed by atoms with Crippen LogP contribution in [0.4, 0.5) is 8.78 Å². The molecule has 2 heterocycles. The van der Waals surface area contributed by atoms with Crippen LogP contribution in [0, 0.1) is 18.6 Å². The predicted octanol–water partition coefficient (Wildman–Crippen LogP) is 4.04. The van der Waals surface area contributed by atoms with Gasteiger partial charge >= 0.3 is 0 Å². The number of amides is 2. The Morgan fingerprint density at radius 3 is 2.52 bits per heavy atom. The summed E-state index contributed by atoms with van der Waals surface area (Å²) in [5.74, 6) is -1.46. The molecule has 2 aliphatic heterocycles. The highest BCUT2D eigenvalue weighted by atomic mass is 19.1. The number of rotatable bonds is 11. The molecule has 5 atom stereocenters. The van der Waals surface area contributed by atoms with Crippen molar-refractivity contribution < 1.29 is 33.0 Å². The van der Waals surface area contributed by atoms with Gasteiger partial charge in [-0.2, -0.15) is 0 Å². The second-order valence-corrected chi connectivity index (χ2v) is 11.7. The van der Waals surface area contributed by atoms with E-state index < -0.39 is 35.7 Å². The van der Waals surface area contributed by atoms with E-state index in [0.29, 0.717) is 43.0 Å². The fourth-order valence-corrected chi connectivity index (χ4v) is 6.22. The summed E-state index contributed by atoms with van der Waals surface area (Å²) < 4.78 is 39.5. The van der Waals surface area contributed by atoms with Crippen molar-refractivity contribution in [3.05, 3.63) is 101 Å². The lowest BCUT2D eigenvalue weighted by Crippen LogP contribution is -2.52. The van der Waals surface area contributed by atoms with Gasteiger partial charge in [-0.25, -0.2) is 8.78 Å². The largest absolute Gasteiger partial charge is 0.489 e. The Balaban J connectivity index is 1.34. The normalized spacial score (nSPS) is 21.2. The number of ether oxygens (including phenoxy) is 2. The average molecular weight is 608 g/mol. The zero-order valence-corrected chi connectivity index (χ0v) is 25.0. The summed E-state index contributed by atoms with van der Waals surface area (Å²) in [5.41, 5.74) is 1.66. The van der Waals surface area contributed by atoms with Crippen LogP contribution in [0.25, 0.3) is 0 Å². The first-order valence-corrected chi connectivity index (χ1v) is 15.0. The summed E-state index contributed by atoms with van der Waals surface area (Å²) in [5, 5.41) is 17.7. The summed E-state index contributed by atoms with van der Waals surface area (Å²) in [6.07, 6.45) is 0.852. The second kappa shape index (κ2) is 14.3. The van der Waals surface area contributed by atoms with Gasteiger partial charge in [0.15, 0.2) is 0 Å². The van der Waals surface area contributed by atoms with Crippen molar-refractivity contribution in [1.29, 1.82) is 0 Å². The Hall–Kier alpha value is -3.86. The van der Waals surface area contributed by atoms with Crippen LogP contribution in [-0.2, 0) is 11.2 Å². The van der Waals surface area contributed by atoms with Crippen molar-refractivity contribution in [3.8, 4) is 5.75 Å². The SMILES string of the molecule is COCC1CCCN1C(=O)c1cc(C)cc(C(=O)NC(Cc2cc(F)cc(F)c2)C(O)C2CC(Oc3ccccc3)CN2)c1. The van der Waals surface area contributed by atoms with Crippen molar-refractivity contribution in [2.24, 2.45) is 0 Å². The molecule has 5 unspecified atom stereocenters. The number of aryl methyl sites for hydroxylation is 1. The molecule has 0 radical (unpaired) electrons. The molecule has 8 nitrogen and oxygen atoms in total. The summed E-state index contributed by atoms with van der Waals surface area (Å²) in [4.78, 5) is 28.9. The maximum absolute atomic E-state index is 14.1. The number of methoxy groups -OCH3 is 1. The van der Waals surface area contributed by atoms with Crippen molar-refractivity contribution in [2.75, 3.05) is 26.8 Å². The van der Waals surface area contributed by atoms with Crippen LogP contribution >= 0.6 is 0 Å². The molecule has 2 amide bonds. The summed E-state index contributed by atoms with van der Waals surface area (Å²) in [6, 6.07) is 16.1. The lowest BCUT2D eigenvalue weighted by atomic mass is 9.94. The highest BCUT2D eigenvalue weighted by Gasteiger charge is 2.36. The molecule has 0 saturated carbocycles. The quantitative estimate of drug-likeness (QED) is 0.305. The van der Waals surface area contributed by atoms with Crippen molar-refractivity contribution >= 4 is 11.8 Å². The molecule has 3 aromatic rings. The highest BCUT2D eigenvalue weighted by molar-refractivity contribution is 6.00. The second-order valence-electron chi connectivity index (χ2n) is 11.7. The maximum Gasteiger partial charge on any atom is 0.254 e. The third-order valence-corrected chi connectivity index (χ3v) is 8.27. The average Bonchev–Trinajstić information content (AvgIpc) is 3.66. The molecule has 0 bridgehead atoms. The Kier molecular flexibility index (Phi) is 10.2. The minimum Gasteiger partial charge on any atom is -0.489 e. The third kappa shape index (κ3) is 7.80. The van der Waals surface area contributed by atoms with Crippen LogP contribution in [0.5, 0.6) is 5.75 Å². The summed E-state index contributed by atoms with van der Waals surface area (Å²) in [7, 11) is 1.61. The first kappa shape index (κ1) is 31.6. The molecule has 3 N–H and O–H groups in total. The van der Waals surface area contributed by atoms with Crippen LogP contribution in [0.1, 0.15) is 51.1 Å². The Bertz CT molecular complexity index is 1440. The number of carbonyl (C=O) groups is 2. The zero-order valence-electron chi connectivity index (χ0n) is 25.0. The fourth-order valence-electron chi connectivity index (χ4n) is 6.22. The molecule has 44 heavy (non-hydrogen) atoms. The van der Waals surface area contributed by atoms with E-state index in [9.17, 15) is 23.5 Å². The van der Waals surface area contributed by atoms with Crippen molar-refractivity contribution in [2.45, 2.75) is 62.9 Å². The zero-order chi connectivity index (χ0) is 31.2. The first-order chi connectivity index (χ1) is 21.2.